The van der Waals surface area contributed by atoms with Gasteiger partial charge in [-0.25, -0.2) is 9.67 Å². The molecule has 0 saturated heterocycles. The number of aromatic nitrogens is 4. The number of carbonyl (C=O) groups excluding carboxylic acids is 1. The molecule has 2 aromatic heterocycles. The molecule has 0 unspecified atom stereocenters. The molecule has 0 saturated carbocycles. The standard InChI is InChI=1S/C21H16F3N5O3/c1-32-16-7-5-14(6-8-16)27-18(30)11-28-12-25-19-17(20(28)31)10-26-29(19)15-4-2-3-13(9-15)21(22,23)24/h2-10,12H,11H2,1H3,(H,27,30). The highest BCUT2D eigenvalue weighted by molar-refractivity contribution is 5.90. The Morgan fingerprint density at radius 2 is 1.91 bits per heavy atom. The molecule has 4 rings (SSSR count). The van der Waals surface area contributed by atoms with Crippen molar-refractivity contribution in [2.45, 2.75) is 12.7 Å². The maximum Gasteiger partial charge on any atom is 0.416 e. The SMILES string of the molecule is COc1ccc(NC(=O)Cn2cnc3c(cnn3-c3cccc(C(F)(F)F)c3)c2=O)cc1. The van der Waals surface area contributed by atoms with Crippen LogP contribution in [0.4, 0.5) is 18.9 Å². The van der Waals surface area contributed by atoms with E-state index in [9.17, 15) is 22.8 Å². The monoisotopic (exact) mass is 443 g/mol. The summed E-state index contributed by atoms with van der Waals surface area (Å²) in [6.07, 6.45) is -2.15. The molecule has 164 valence electrons. The third kappa shape index (κ3) is 4.17. The quantitative estimate of drug-likeness (QED) is 0.511. The number of methoxy groups -OCH3 is 1. The molecule has 0 aliphatic carbocycles. The Kier molecular flexibility index (Phi) is 5.39. The summed E-state index contributed by atoms with van der Waals surface area (Å²) in [6.45, 7) is -0.303. The van der Waals surface area contributed by atoms with Crippen molar-refractivity contribution in [2.75, 3.05) is 12.4 Å². The number of nitrogens with one attached hydrogen (secondary N) is 1. The summed E-state index contributed by atoms with van der Waals surface area (Å²) < 4.78 is 46.3. The van der Waals surface area contributed by atoms with E-state index in [2.05, 4.69) is 15.4 Å². The molecule has 2 aromatic carbocycles. The number of amides is 1. The first-order valence-corrected chi connectivity index (χ1v) is 9.31. The molecule has 4 aromatic rings. The number of rotatable bonds is 5. The minimum atomic E-state index is -4.52. The molecule has 0 atom stereocenters. The van der Waals surface area contributed by atoms with Crippen molar-refractivity contribution in [3.05, 3.63) is 77.0 Å². The first kappa shape index (κ1) is 21.1. The van der Waals surface area contributed by atoms with E-state index < -0.39 is 23.2 Å². The minimum Gasteiger partial charge on any atom is -0.497 e. The van der Waals surface area contributed by atoms with Gasteiger partial charge in [-0.05, 0) is 42.5 Å². The third-order valence-corrected chi connectivity index (χ3v) is 4.66. The molecule has 0 radical (unpaired) electrons. The fraction of sp³-hybridized carbons (Fsp3) is 0.143. The molecule has 0 bridgehead atoms. The summed E-state index contributed by atoms with van der Waals surface area (Å²) >= 11 is 0. The summed E-state index contributed by atoms with van der Waals surface area (Å²) in [5.41, 5.74) is -0.673. The van der Waals surface area contributed by atoms with Gasteiger partial charge in [0.15, 0.2) is 5.65 Å². The highest BCUT2D eigenvalue weighted by Crippen LogP contribution is 2.30. The van der Waals surface area contributed by atoms with Crippen LogP contribution >= 0.6 is 0 Å². The summed E-state index contributed by atoms with van der Waals surface area (Å²) in [4.78, 5) is 29.2. The van der Waals surface area contributed by atoms with Crippen LogP contribution in [0.2, 0.25) is 0 Å². The van der Waals surface area contributed by atoms with Gasteiger partial charge in [-0.3, -0.25) is 14.2 Å². The predicted molar refractivity (Wildman–Crippen MR) is 110 cm³/mol. The van der Waals surface area contributed by atoms with Crippen LogP contribution < -0.4 is 15.6 Å². The van der Waals surface area contributed by atoms with Gasteiger partial charge in [-0.1, -0.05) is 6.07 Å². The average molecular weight is 443 g/mol. The van der Waals surface area contributed by atoms with Gasteiger partial charge in [0.25, 0.3) is 5.56 Å². The Labute approximate surface area is 178 Å². The van der Waals surface area contributed by atoms with Crippen molar-refractivity contribution in [1.29, 1.82) is 0 Å². The Morgan fingerprint density at radius 3 is 2.59 bits per heavy atom. The predicted octanol–water partition coefficient (Wildman–Crippen LogP) is 3.25. The van der Waals surface area contributed by atoms with Gasteiger partial charge in [0.2, 0.25) is 5.91 Å². The largest absolute Gasteiger partial charge is 0.497 e. The molecular formula is C21H16F3N5O3. The number of hydrogen-bond donors (Lipinski definition) is 1. The molecule has 0 aliphatic rings. The lowest BCUT2D eigenvalue weighted by Crippen LogP contribution is -2.27. The zero-order valence-corrected chi connectivity index (χ0v) is 16.6. The summed E-state index contributed by atoms with van der Waals surface area (Å²) in [7, 11) is 1.53. The van der Waals surface area contributed by atoms with Crippen molar-refractivity contribution in [2.24, 2.45) is 0 Å². The van der Waals surface area contributed by atoms with Gasteiger partial charge in [0.05, 0.1) is 24.6 Å². The molecule has 32 heavy (non-hydrogen) atoms. The maximum atomic E-state index is 13.0. The molecule has 1 amide bonds. The third-order valence-electron chi connectivity index (χ3n) is 4.66. The maximum absolute atomic E-state index is 13.0. The number of nitrogens with zero attached hydrogens (tertiary/aromatic N) is 4. The van der Waals surface area contributed by atoms with E-state index in [1.165, 1.54) is 25.4 Å². The van der Waals surface area contributed by atoms with Crippen LogP contribution in [0.1, 0.15) is 5.56 Å². The fourth-order valence-electron chi connectivity index (χ4n) is 3.09. The van der Waals surface area contributed by atoms with E-state index in [1.807, 2.05) is 0 Å². The van der Waals surface area contributed by atoms with Crippen molar-refractivity contribution in [3.8, 4) is 11.4 Å². The van der Waals surface area contributed by atoms with Crippen molar-refractivity contribution >= 4 is 22.6 Å². The van der Waals surface area contributed by atoms with Crippen LogP contribution in [0.5, 0.6) is 5.75 Å². The number of benzene rings is 2. The summed E-state index contributed by atoms with van der Waals surface area (Å²) in [5.74, 6) is 0.176. The molecule has 0 aliphatic heterocycles. The van der Waals surface area contributed by atoms with E-state index in [0.717, 1.165) is 27.7 Å². The highest BCUT2D eigenvalue weighted by Gasteiger charge is 2.30. The first-order valence-electron chi connectivity index (χ1n) is 9.31. The van der Waals surface area contributed by atoms with E-state index >= 15 is 0 Å². The topological polar surface area (TPSA) is 91.0 Å². The lowest BCUT2D eigenvalue weighted by atomic mass is 10.2. The van der Waals surface area contributed by atoms with E-state index in [4.69, 9.17) is 4.74 Å². The Hall–Kier alpha value is -4.15. The molecule has 0 fully saturated rings. The second-order valence-corrected chi connectivity index (χ2v) is 6.80. The fourth-order valence-corrected chi connectivity index (χ4v) is 3.09. The van der Waals surface area contributed by atoms with E-state index in [1.54, 1.807) is 24.3 Å². The van der Waals surface area contributed by atoms with Crippen LogP contribution in [0.15, 0.2) is 65.8 Å². The van der Waals surface area contributed by atoms with Gasteiger partial charge < -0.3 is 10.1 Å². The second kappa shape index (κ2) is 8.17. The smallest absolute Gasteiger partial charge is 0.416 e. The number of ether oxygens (including phenoxy) is 1. The van der Waals surface area contributed by atoms with Crippen molar-refractivity contribution in [3.63, 3.8) is 0 Å². The lowest BCUT2D eigenvalue weighted by molar-refractivity contribution is -0.137. The number of halogens is 3. The van der Waals surface area contributed by atoms with Gasteiger partial charge in [-0.2, -0.15) is 18.3 Å². The van der Waals surface area contributed by atoms with Gasteiger partial charge >= 0.3 is 6.18 Å². The molecule has 0 spiro atoms. The second-order valence-electron chi connectivity index (χ2n) is 6.80. The molecule has 8 nitrogen and oxygen atoms in total. The van der Waals surface area contributed by atoms with E-state index in [0.29, 0.717) is 11.4 Å². The zero-order valence-electron chi connectivity index (χ0n) is 16.6. The van der Waals surface area contributed by atoms with Gasteiger partial charge in [0.1, 0.15) is 24.0 Å². The number of hydrogen-bond acceptors (Lipinski definition) is 5. The zero-order chi connectivity index (χ0) is 22.9. The number of anilines is 1. The van der Waals surface area contributed by atoms with Crippen LogP contribution in [0.3, 0.4) is 0 Å². The van der Waals surface area contributed by atoms with E-state index in [-0.39, 0.29) is 23.3 Å². The van der Waals surface area contributed by atoms with Crippen molar-refractivity contribution < 1.29 is 22.7 Å². The normalized spacial score (nSPS) is 11.5. The Morgan fingerprint density at radius 1 is 1.16 bits per heavy atom. The Balaban J connectivity index is 1.59. The molecule has 2 heterocycles. The number of alkyl halides is 3. The summed E-state index contributed by atoms with van der Waals surface area (Å²) in [6, 6.07) is 11.2. The molecular weight excluding hydrogens is 427 g/mol. The average Bonchev–Trinajstić information content (AvgIpc) is 3.21. The van der Waals surface area contributed by atoms with Crippen LogP contribution in [-0.4, -0.2) is 32.3 Å². The van der Waals surface area contributed by atoms with Crippen LogP contribution in [0.25, 0.3) is 16.7 Å². The van der Waals surface area contributed by atoms with Gasteiger partial charge in [0, 0.05) is 5.69 Å². The highest BCUT2D eigenvalue weighted by atomic mass is 19.4. The number of carbonyl (C=O) groups is 1. The minimum absolute atomic E-state index is 0.0714. The Bertz CT molecular complexity index is 1340. The van der Waals surface area contributed by atoms with Crippen LogP contribution in [0, 0.1) is 0 Å². The molecule has 1 N–H and O–H groups in total. The van der Waals surface area contributed by atoms with Crippen LogP contribution in [-0.2, 0) is 17.5 Å². The first-order chi connectivity index (χ1) is 15.3. The van der Waals surface area contributed by atoms with Crippen molar-refractivity contribution in [1.82, 2.24) is 19.3 Å². The lowest BCUT2D eigenvalue weighted by Gasteiger charge is -2.10. The number of fused-ring (bicyclic) bond motifs is 1. The molecule has 11 heteroatoms. The van der Waals surface area contributed by atoms with Gasteiger partial charge in [-0.15, -0.1) is 0 Å². The summed E-state index contributed by atoms with van der Waals surface area (Å²) in [5, 5.41) is 6.75.